The third-order valence-electron chi connectivity index (χ3n) is 9.33. The predicted octanol–water partition coefficient (Wildman–Crippen LogP) is 5.19. The minimum atomic E-state index is -0.766. The number of anilines is 1. The highest BCUT2D eigenvalue weighted by Gasteiger charge is 2.31. The van der Waals surface area contributed by atoms with E-state index in [0.717, 1.165) is 48.7 Å². The summed E-state index contributed by atoms with van der Waals surface area (Å²) < 4.78 is 41.8. The third-order valence-corrected chi connectivity index (χ3v) is 9.33. The molecule has 6 bridgehead atoms. The van der Waals surface area contributed by atoms with Crippen LogP contribution in [0.25, 0.3) is 32.9 Å². The molecule has 0 spiro atoms. The fourth-order valence-corrected chi connectivity index (χ4v) is 7.09. The first kappa shape index (κ1) is 31.4. The maximum Gasteiger partial charge on any atom is 0.407 e. The molecule has 248 valence electrons. The van der Waals surface area contributed by atoms with Crippen molar-refractivity contribution < 1.29 is 28.2 Å². The second-order valence-electron chi connectivity index (χ2n) is 12.8. The molecule has 3 atom stereocenters. The van der Waals surface area contributed by atoms with Crippen molar-refractivity contribution in [2.75, 3.05) is 50.8 Å². The van der Waals surface area contributed by atoms with Gasteiger partial charge in [0.1, 0.15) is 23.2 Å². The molecular formula is C35H40F2N6O4. The number of alkyl carbamates (subject to hydrolysis) is 1. The average Bonchev–Trinajstić information content (AvgIpc) is 3.48. The van der Waals surface area contributed by atoms with Crippen LogP contribution in [-0.2, 0) is 11.2 Å². The fourth-order valence-electron chi connectivity index (χ4n) is 7.09. The van der Waals surface area contributed by atoms with E-state index in [1.807, 2.05) is 41.3 Å². The lowest BCUT2D eigenvalue weighted by atomic mass is 9.94. The Labute approximate surface area is 272 Å². The monoisotopic (exact) mass is 646 g/mol. The normalized spacial score (nSPS) is 22.1. The Morgan fingerprint density at radius 1 is 1.09 bits per heavy atom. The largest absolute Gasteiger partial charge is 0.463 e. The van der Waals surface area contributed by atoms with Crippen LogP contribution in [0.1, 0.15) is 44.1 Å². The Bertz CT molecular complexity index is 1750. The van der Waals surface area contributed by atoms with Gasteiger partial charge >= 0.3 is 12.1 Å². The van der Waals surface area contributed by atoms with Crippen molar-refractivity contribution in [3.8, 4) is 17.3 Å². The zero-order valence-electron chi connectivity index (χ0n) is 26.3. The van der Waals surface area contributed by atoms with E-state index in [2.05, 4.69) is 20.2 Å². The molecule has 0 aliphatic carbocycles. The third kappa shape index (κ3) is 6.94. The average molecular weight is 647 g/mol. The van der Waals surface area contributed by atoms with Crippen molar-refractivity contribution in [2.45, 2.75) is 63.3 Å². The smallest absolute Gasteiger partial charge is 0.407 e. The lowest BCUT2D eigenvalue weighted by molar-refractivity contribution is 0.118. The number of alkyl halides is 1. The number of ether oxygens (including phenoxy) is 2. The molecule has 4 aromatic rings. The maximum atomic E-state index is 16.8. The quantitative estimate of drug-likeness (QED) is 0.262. The van der Waals surface area contributed by atoms with Gasteiger partial charge in [0.25, 0.3) is 0 Å². The molecule has 2 fully saturated rings. The van der Waals surface area contributed by atoms with Crippen LogP contribution in [-0.4, -0.2) is 95.3 Å². The number of hydrogen-bond donors (Lipinski definition) is 2. The summed E-state index contributed by atoms with van der Waals surface area (Å²) in [7, 11) is 0. The van der Waals surface area contributed by atoms with Crippen molar-refractivity contribution in [3.05, 3.63) is 54.0 Å². The number of benzene rings is 2. The van der Waals surface area contributed by atoms with Gasteiger partial charge in [-0.2, -0.15) is 9.97 Å². The van der Waals surface area contributed by atoms with E-state index < -0.39 is 30.2 Å². The topological polar surface area (TPSA) is 113 Å². The Hall–Kier alpha value is -4.16. The highest BCUT2D eigenvalue weighted by atomic mass is 19.1. The number of carbonyl (C=O) groups excluding carboxylic acids is 1. The second kappa shape index (κ2) is 13.9. The number of aromatic nitrogens is 3. The number of rotatable bonds is 7. The lowest BCUT2D eigenvalue weighted by Crippen LogP contribution is -2.53. The zero-order valence-corrected chi connectivity index (χ0v) is 26.3. The summed E-state index contributed by atoms with van der Waals surface area (Å²) in [6.07, 6.45) is 4.26. The van der Waals surface area contributed by atoms with E-state index in [4.69, 9.17) is 14.5 Å². The van der Waals surface area contributed by atoms with E-state index in [1.165, 1.54) is 0 Å². The Balaban J connectivity index is 1.25. The van der Waals surface area contributed by atoms with Crippen molar-refractivity contribution in [1.82, 2.24) is 25.2 Å². The van der Waals surface area contributed by atoms with Crippen molar-refractivity contribution in [1.29, 1.82) is 0 Å². The van der Waals surface area contributed by atoms with Crippen LogP contribution in [0.2, 0.25) is 0 Å². The lowest BCUT2D eigenvalue weighted by Gasteiger charge is -2.37. The number of unbranched alkanes of at least 4 members (excludes halogenated alkanes) is 2. The van der Waals surface area contributed by atoms with Crippen LogP contribution >= 0.6 is 0 Å². The van der Waals surface area contributed by atoms with E-state index >= 15 is 4.39 Å². The van der Waals surface area contributed by atoms with Gasteiger partial charge in [-0.05, 0) is 67.8 Å². The molecule has 10 nitrogen and oxygen atoms in total. The first-order valence-electron chi connectivity index (χ1n) is 16.7. The Morgan fingerprint density at radius 3 is 2.81 bits per heavy atom. The van der Waals surface area contributed by atoms with E-state index in [1.54, 1.807) is 6.20 Å². The van der Waals surface area contributed by atoms with Gasteiger partial charge in [0.2, 0.25) is 0 Å². The molecule has 47 heavy (non-hydrogen) atoms. The molecule has 0 unspecified atom stereocenters. The van der Waals surface area contributed by atoms with Crippen LogP contribution in [0.3, 0.4) is 0 Å². The molecule has 2 aromatic carbocycles. The molecule has 2 saturated heterocycles. The number of pyridine rings is 1. The minimum absolute atomic E-state index is 0.0314. The van der Waals surface area contributed by atoms with E-state index in [-0.39, 0.29) is 30.4 Å². The number of nitrogens with one attached hydrogen (secondary N) is 1. The number of carbonyl (C=O) groups is 1. The van der Waals surface area contributed by atoms with Crippen LogP contribution in [0.4, 0.5) is 19.4 Å². The number of aliphatic hydroxyl groups is 1. The standard InChI is InChI=1S/C35H40F2N6O4/c36-24-12-14-42(19-24)13-2-1-3-15-46-34-40-32-28-18-38-31(30(32)37)27-11-5-9-22-7-4-8-23(29(22)27)10-6-16-47-35(45)39-25-17-26(44)21-43(20-25)33(28)41-34/h4-5,7-9,11,18,24-26,44H,1-3,6,10,12-17,19-21H2,(H,39,45)/t24-,25-,26-/m1/s1. The SMILES string of the molecule is O=C1N[C@@H]2C[C@@H](O)CN(C2)c2nc(OCCCCCN3CC[C@@H](F)C3)nc3c(F)c(ncc23)-c2cccc3cccc(c23)CCCO1. The molecule has 2 aromatic heterocycles. The first-order valence-corrected chi connectivity index (χ1v) is 16.7. The van der Waals surface area contributed by atoms with Gasteiger partial charge in [-0.25, -0.2) is 13.6 Å². The number of likely N-dealkylation sites (tertiary alicyclic amines) is 1. The van der Waals surface area contributed by atoms with Gasteiger partial charge in [0, 0.05) is 37.9 Å². The number of halogens is 2. The Kier molecular flexibility index (Phi) is 9.30. The van der Waals surface area contributed by atoms with Crippen molar-refractivity contribution in [3.63, 3.8) is 0 Å². The van der Waals surface area contributed by atoms with Crippen molar-refractivity contribution >= 4 is 33.6 Å². The number of hydrogen-bond acceptors (Lipinski definition) is 9. The number of amides is 1. The van der Waals surface area contributed by atoms with Crippen LogP contribution in [0, 0.1) is 5.82 Å². The van der Waals surface area contributed by atoms with Crippen molar-refractivity contribution in [2.24, 2.45) is 0 Å². The summed E-state index contributed by atoms with van der Waals surface area (Å²) in [6, 6.07) is 11.3. The van der Waals surface area contributed by atoms with Gasteiger partial charge < -0.3 is 29.7 Å². The summed E-state index contributed by atoms with van der Waals surface area (Å²) in [5.74, 6) is -0.204. The van der Waals surface area contributed by atoms with Gasteiger partial charge in [0.15, 0.2) is 5.82 Å². The molecule has 0 saturated carbocycles. The molecule has 12 heteroatoms. The van der Waals surface area contributed by atoms with E-state index in [0.29, 0.717) is 62.1 Å². The van der Waals surface area contributed by atoms with Gasteiger partial charge in [-0.1, -0.05) is 36.4 Å². The Morgan fingerprint density at radius 2 is 1.96 bits per heavy atom. The highest BCUT2D eigenvalue weighted by molar-refractivity contribution is 6.00. The second-order valence-corrected chi connectivity index (χ2v) is 12.8. The van der Waals surface area contributed by atoms with Crippen LogP contribution < -0.4 is 15.0 Å². The molecule has 4 aliphatic rings. The summed E-state index contributed by atoms with van der Waals surface area (Å²) >= 11 is 0. The summed E-state index contributed by atoms with van der Waals surface area (Å²) in [6.45, 7) is 3.26. The molecule has 6 heterocycles. The summed E-state index contributed by atoms with van der Waals surface area (Å²) in [4.78, 5) is 30.6. The minimum Gasteiger partial charge on any atom is -0.463 e. The zero-order chi connectivity index (χ0) is 32.3. The van der Waals surface area contributed by atoms with Crippen LogP contribution in [0.5, 0.6) is 6.01 Å². The molecule has 4 aliphatic heterocycles. The van der Waals surface area contributed by atoms with Gasteiger partial charge in [0.05, 0.1) is 30.7 Å². The summed E-state index contributed by atoms with van der Waals surface area (Å²) in [5.41, 5.74) is 1.90. The van der Waals surface area contributed by atoms with Crippen LogP contribution in [0.15, 0.2) is 42.6 Å². The molecular weight excluding hydrogens is 606 g/mol. The molecule has 8 rings (SSSR count). The number of fused-ring (bicyclic) bond motifs is 6. The number of nitrogens with zero attached hydrogens (tertiary/aromatic N) is 5. The first-order chi connectivity index (χ1) is 22.9. The van der Waals surface area contributed by atoms with Gasteiger partial charge in [-0.3, -0.25) is 4.98 Å². The molecule has 0 radical (unpaired) electrons. The van der Waals surface area contributed by atoms with Gasteiger partial charge in [-0.15, -0.1) is 0 Å². The highest BCUT2D eigenvalue weighted by Crippen LogP contribution is 2.37. The fraction of sp³-hybridized carbons (Fsp3) is 0.486. The number of aryl methyl sites for hydroxylation is 1. The maximum absolute atomic E-state index is 16.8. The summed E-state index contributed by atoms with van der Waals surface area (Å²) in [5, 5.41) is 15.9. The predicted molar refractivity (Wildman–Crippen MR) is 175 cm³/mol. The van der Waals surface area contributed by atoms with E-state index in [9.17, 15) is 14.3 Å². The molecule has 1 amide bonds. The number of piperidine rings is 1. The number of aliphatic hydroxyl groups excluding tert-OH is 1. The molecule has 2 N–H and O–H groups in total.